The Bertz CT molecular complexity index is 278. The van der Waals surface area contributed by atoms with E-state index in [1.165, 1.54) is 6.07 Å². The first-order valence-corrected chi connectivity index (χ1v) is 5.32. The monoisotopic (exact) mass is 215 g/mol. The van der Waals surface area contributed by atoms with Crippen molar-refractivity contribution >= 4 is 11.6 Å². The Morgan fingerprint density at radius 2 is 2.21 bits per heavy atom. The summed E-state index contributed by atoms with van der Waals surface area (Å²) in [5.41, 5.74) is 0.997. The van der Waals surface area contributed by atoms with Crippen molar-refractivity contribution in [2.24, 2.45) is 0 Å². The number of benzene rings is 1. The van der Waals surface area contributed by atoms with Gasteiger partial charge in [-0.25, -0.2) is 4.39 Å². The van der Waals surface area contributed by atoms with Gasteiger partial charge in [-0.2, -0.15) is 0 Å². The van der Waals surface area contributed by atoms with Gasteiger partial charge in [-0.05, 0) is 24.2 Å². The van der Waals surface area contributed by atoms with E-state index in [0.717, 1.165) is 25.2 Å². The van der Waals surface area contributed by atoms with Crippen LogP contribution in [0.2, 0.25) is 0 Å². The molecule has 0 bridgehead atoms. The third-order valence-electron chi connectivity index (χ3n) is 2.14. The number of alkyl halides is 1. The van der Waals surface area contributed by atoms with E-state index in [1.54, 1.807) is 12.1 Å². The molecule has 1 aromatic rings. The lowest BCUT2D eigenvalue weighted by atomic mass is 10.2. The van der Waals surface area contributed by atoms with Crippen LogP contribution in [0, 0.1) is 5.82 Å². The maximum atomic E-state index is 12.9. The predicted molar refractivity (Wildman–Crippen MR) is 58.1 cm³/mol. The molecule has 1 nitrogen and oxygen atoms in total. The fourth-order valence-electron chi connectivity index (χ4n) is 1.36. The molecule has 0 radical (unpaired) electrons. The number of nitrogens with zero attached hydrogens (tertiary/aromatic N) is 1. The fraction of sp³-hybridized carbons (Fsp3) is 0.455. The molecule has 0 aliphatic carbocycles. The third kappa shape index (κ3) is 3.64. The van der Waals surface area contributed by atoms with Crippen LogP contribution in [-0.4, -0.2) is 23.9 Å². The molecule has 14 heavy (non-hydrogen) atoms. The molecule has 0 amide bonds. The van der Waals surface area contributed by atoms with Gasteiger partial charge in [0.25, 0.3) is 0 Å². The molecule has 3 heteroatoms. The summed E-state index contributed by atoms with van der Waals surface area (Å²) in [6, 6.07) is 6.69. The van der Waals surface area contributed by atoms with E-state index in [4.69, 9.17) is 11.6 Å². The molecule has 0 saturated heterocycles. The second-order valence-corrected chi connectivity index (χ2v) is 3.57. The lowest BCUT2D eigenvalue weighted by Crippen LogP contribution is -2.24. The van der Waals surface area contributed by atoms with Crippen molar-refractivity contribution in [1.29, 1.82) is 0 Å². The van der Waals surface area contributed by atoms with Crippen LogP contribution >= 0.6 is 11.6 Å². The van der Waals surface area contributed by atoms with Crippen molar-refractivity contribution in [3.8, 4) is 0 Å². The Labute approximate surface area is 89.5 Å². The van der Waals surface area contributed by atoms with Gasteiger partial charge in [0.1, 0.15) is 5.82 Å². The summed E-state index contributed by atoms with van der Waals surface area (Å²) in [5.74, 6) is 0.438. The maximum Gasteiger partial charge on any atom is 0.123 e. The van der Waals surface area contributed by atoms with Gasteiger partial charge in [-0.3, -0.25) is 4.90 Å². The van der Waals surface area contributed by atoms with Crippen LogP contribution < -0.4 is 0 Å². The van der Waals surface area contributed by atoms with Gasteiger partial charge in [0.15, 0.2) is 0 Å². The highest BCUT2D eigenvalue weighted by Gasteiger charge is 2.02. The molecule has 0 aliphatic rings. The second-order valence-electron chi connectivity index (χ2n) is 3.19. The maximum absolute atomic E-state index is 12.9. The lowest BCUT2D eigenvalue weighted by Gasteiger charge is -2.18. The van der Waals surface area contributed by atoms with Gasteiger partial charge in [0.2, 0.25) is 0 Å². The van der Waals surface area contributed by atoms with Crippen LogP contribution in [0.5, 0.6) is 0 Å². The Hall–Kier alpha value is -0.600. The minimum Gasteiger partial charge on any atom is -0.298 e. The summed E-state index contributed by atoms with van der Waals surface area (Å²) >= 11 is 5.66. The average molecular weight is 216 g/mol. The van der Waals surface area contributed by atoms with E-state index in [2.05, 4.69) is 11.8 Å². The highest BCUT2D eigenvalue weighted by Crippen LogP contribution is 2.07. The van der Waals surface area contributed by atoms with Crippen molar-refractivity contribution in [2.45, 2.75) is 13.5 Å². The standard InChI is InChI=1S/C11H15ClFN/c1-2-14(7-6-12)9-10-4-3-5-11(13)8-10/h3-5,8H,2,6-7,9H2,1H3. The molecule has 0 N–H and O–H groups in total. The van der Waals surface area contributed by atoms with Crippen molar-refractivity contribution in [2.75, 3.05) is 19.0 Å². The number of halogens is 2. The van der Waals surface area contributed by atoms with Crippen molar-refractivity contribution in [3.63, 3.8) is 0 Å². The largest absolute Gasteiger partial charge is 0.298 e. The molecular weight excluding hydrogens is 201 g/mol. The summed E-state index contributed by atoms with van der Waals surface area (Å²) in [6.07, 6.45) is 0. The van der Waals surface area contributed by atoms with Gasteiger partial charge in [-0.1, -0.05) is 19.1 Å². The SMILES string of the molecule is CCN(CCCl)Cc1cccc(F)c1. The van der Waals surface area contributed by atoms with E-state index in [0.29, 0.717) is 5.88 Å². The number of hydrogen-bond acceptors (Lipinski definition) is 1. The van der Waals surface area contributed by atoms with E-state index in [9.17, 15) is 4.39 Å². The molecule has 0 saturated carbocycles. The first kappa shape index (κ1) is 11.5. The molecule has 0 heterocycles. The normalized spacial score (nSPS) is 10.9. The number of hydrogen-bond donors (Lipinski definition) is 0. The Kier molecular flexibility index (Phi) is 4.91. The first-order chi connectivity index (χ1) is 6.76. The fourth-order valence-corrected chi connectivity index (χ4v) is 1.60. The minimum absolute atomic E-state index is 0.176. The van der Waals surface area contributed by atoms with Crippen LogP contribution in [0.3, 0.4) is 0 Å². The highest BCUT2D eigenvalue weighted by atomic mass is 35.5. The Morgan fingerprint density at radius 1 is 1.43 bits per heavy atom. The molecule has 1 rings (SSSR count). The van der Waals surface area contributed by atoms with Gasteiger partial charge in [-0.15, -0.1) is 11.6 Å². The molecule has 0 aromatic heterocycles. The Morgan fingerprint density at radius 3 is 2.79 bits per heavy atom. The van der Waals surface area contributed by atoms with Crippen LogP contribution in [0.1, 0.15) is 12.5 Å². The smallest absolute Gasteiger partial charge is 0.123 e. The highest BCUT2D eigenvalue weighted by molar-refractivity contribution is 6.18. The summed E-state index contributed by atoms with van der Waals surface area (Å²) in [6.45, 7) is 4.62. The van der Waals surface area contributed by atoms with E-state index in [-0.39, 0.29) is 5.82 Å². The Balaban J connectivity index is 2.57. The van der Waals surface area contributed by atoms with Crippen LogP contribution in [0.25, 0.3) is 0 Å². The molecule has 0 fully saturated rings. The van der Waals surface area contributed by atoms with Crippen LogP contribution in [-0.2, 0) is 6.54 Å². The van der Waals surface area contributed by atoms with Crippen molar-refractivity contribution in [1.82, 2.24) is 4.90 Å². The zero-order chi connectivity index (χ0) is 10.4. The summed E-state index contributed by atoms with van der Waals surface area (Å²) < 4.78 is 12.9. The molecule has 0 aliphatic heterocycles. The van der Waals surface area contributed by atoms with Gasteiger partial charge < -0.3 is 0 Å². The zero-order valence-corrected chi connectivity index (χ0v) is 9.10. The van der Waals surface area contributed by atoms with E-state index >= 15 is 0 Å². The van der Waals surface area contributed by atoms with Gasteiger partial charge in [0.05, 0.1) is 0 Å². The van der Waals surface area contributed by atoms with Gasteiger partial charge in [0, 0.05) is 19.0 Å². The molecule has 0 spiro atoms. The van der Waals surface area contributed by atoms with Crippen molar-refractivity contribution in [3.05, 3.63) is 35.6 Å². The molecule has 78 valence electrons. The van der Waals surface area contributed by atoms with E-state index < -0.39 is 0 Å². The van der Waals surface area contributed by atoms with Crippen LogP contribution in [0.4, 0.5) is 4.39 Å². The van der Waals surface area contributed by atoms with E-state index in [1.807, 2.05) is 6.07 Å². The lowest BCUT2D eigenvalue weighted by molar-refractivity contribution is 0.297. The predicted octanol–water partition coefficient (Wildman–Crippen LogP) is 2.89. The second kappa shape index (κ2) is 5.99. The molecule has 1 aromatic carbocycles. The summed E-state index contributed by atoms with van der Waals surface area (Å²) in [5, 5.41) is 0. The van der Waals surface area contributed by atoms with Crippen LogP contribution in [0.15, 0.2) is 24.3 Å². The molecule has 0 atom stereocenters. The average Bonchev–Trinajstić information content (AvgIpc) is 2.17. The third-order valence-corrected chi connectivity index (χ3v) is 2.31. The molecular formula is C11H15ClFN. The summed E-state index contributed by atoms with van der Waals surface area (Å²) in [7, 11) is 0. The number of rotatable bonds is 5. The van der Waals surface area contributed by atoms with Crippen molar-refractivity contribution < 1.29 is 4.39 Å². The summed E-state index contributed by atoms with van der Waals surface area (Å²) in [4.78, 5) is 2.18. The topological polar surface area (TPSA) is 3.24 Å². The minimum atomic E-state index is -0.176. The quantitative estimate of drug-likeness (QED) is 0.683. The van der Waals surface area contributed by atoms with Gasteiger partial charge >= 0.3 is 0 Å². The first-order valence-electron chi connectivity index (χ1n) is 4.79. The molecule has 0 unspecified atom stereocenters. The zero-order valence-electron chi connectivity index (χ0n) is 8.34.